The molecule has 1 aromatic carbocycles. The van der Waals surface area contributed by atoms with Crippen LogP contribution in [-0.4, -0.2) is 32.3 Å². The van der Waals surface area contributed by atoms with Crippen molar-refractivity contribution in [3.8, 4) is 11.6 Å². The van der Waals surface area contributed by atoms with Crippen molar-refractivity contribution in [2.45, 2.75) is 38.2 Å². The van der Waals surface area contributed by atoms with Crippen LogP contribution in [0.4, 0.5) is 0 Å². The number of benzene rings is 1. The van der Waals surface area contributed by atoms with Crippen molar-refractivity contribution in [2.24, 2.45) is 0 Å². The van der Waals surface area contributed by atoms with Gasteiger partial charge in [0.2, 0.25) is 0 Å². The van der Waals surface area contributed by atoms with Gasteiger partial charge in [-0.15, -0.1) is 10.2 Å². The zero-order valence-electron chi connectivity index (χ0n) is 17.1. The summed E-state index contributed by atoms with van der Waals surface area (Å²) >= 11 is 1.49. The van der Waals surface area contributed by atoms with Gasteiger partial charge in [-0.25, -0.2) is 4.79 Å². The Hall–Kier alpha value is -3.13. The lowest BCUT2D eigenvalue weighted by Crippen LogP contribution is -2.12. The first kappa shape index (κ1) is 20.2. The minimum absolute atomic E-state index is 0.314. The number of furan rings is 1. The molecule has 0 saturated heterocycles. The summed E-state index contributed by atoms with van der Waals surface area (Å²) in [6.45, 7) is 6.78. The molecule has 7 nitrogen and oxygen atoms in total. The van der Waals surface area contributed by atoms with E-state index in [0.29, 0.717) is 41.7 Å². The van der Waals surface area contributed by atoms with E-state index in [4.69, 9.17) is 14.1 Å². The van der Waals surface area contributed by atoms with Gasteiger partial charge in [-0.3, -0.25) is 9.55 Å². The lowest BCUT2D eigenvalue weighted by atomic mass is 10.0. The number of aromatic nitrogens is 4. The van der Waals surface area contributed by atoms with Gasteiger partial charge in [-0.05, 0) is 44.5 Å². The van der Waals surface area contributed by atoms with Gasteiger partial charge in [0.05, 0.1) is 29.6 Å². The van der Waals surface area contributed by atoms with E-state index >= 15 is 0 Å². The smallest absolute Gasteiger partial charge is 0.340 e. The van der Waals surface area contributed by atoms with Crippen LogP contribution in [0.15, 0.2) is 52.2 Å². The number of nitrogens with zero attached hydrogens (tertiary/aromatic N) is 4. The van der Waals surface area contributed by atoms with Crippen LogP contribution in [0.3, 0.4) is 0 Å². The standard InChI is InChI=1S/C22H22N4O3S/c1-4-26-20(18-11-8-12-29-18)24-25-22(26)30-13-17-19(21(27)28-5-2)14(3)15-9-6-7-10-16(15)23-17/h6-12H,4-5,13H2,1-3H3. The van der Waals surface area contributed by atoms with E-state index in [1.54, 1.807) is 13.2 Å². The molecular formula is C22H22N4O3S. The van der Waals surface area contributed by atoms with Gasteiger partial charge in [-0.2, -0.15) is 0 Å². The average molecular weight is 423 g/mol. The summed E-state index contributed by atoms with van der Waals surface area (Å²) in [5.41, 5.74) is 2.94. The summed E-state index contributed by atoms with van der Waals surface area (Å²) in [5.74, 6) is 1.47. The van der Waals surface area contributed by atoms with Crippen LogP contribution in [0, 0.1) is 6.92 Å². The molecule has 3 heterocycles. The largest absolute Gasteiger partial charge is 0.462 e. The van der Waals surface area contributed by atoms with Crippen molar-refractivity contribution >= 4 is 28.6 Å². The molecule has 0 atom stereocenters. The number of carbonyl (C=O) groups is 1. The van der Waals surface area contributed by atoms with Crippen LogP contribution in [0.25, 0.3) is 22.5 Å². The number of pyridine rings is 1. The molecule has 3 aromatic heterocycles. The first-order valence-electron chi connectivity index (χ1n) is 9.79. The minimum Gasteiger partial charge on any atom is -0.462 e. The number of para-hydroxylation sites is 1. The van der Waals surface area contributed by atoms with Crippen LogP contribution in [-0.2, 0) is 17.0 Å². The molecule has 4 aromatic rings. The number of carbonyl (C=O) groups excluding carboxylic acids is 1. The number of hydrogen-bond acceptors (Lipinski definition) is 7. The van der Waals surface area contributed by atoms with Gasteiger partial charge in [0.25, 0.3) is 0 Å². The monoisotopic (exact) mass is 422 g/mol. The molecule has 154 valence electrons. The van der Waals surface area contributed by atoms with E-state index in [-0.39, 0.29) is 5.97 Å². The third kappa shape index (κ3) is 3.70. The number of aryl methyl sites for hydroxylation is 1. The Morgan fingerprint density at radius 2 is 2.00 bits per heavy atom. The summed E-state index contributed by atoms with van der Waals surface area (Å²) < 4.78 is 12.8. The van der Waals surface area contributed by atoms with Crippen molar-refractivity contribution in [2.75, 3.05) is 6.61 Å². The first-order chi connectivity index (χ1) is 14.6. The molecule has 0 fully saturated rings. The third-order valence-corrected chi connectivity index (χ3v) is 5.80. The Labute approximate surface area is 178 Å². The molecule has 0 saturated carbocycles. The maximum Gasteiger partial charge on any atom is 0.340 e. The molecule has 4 rings (SSSR count). The number of rotatable bonds is 7. The number of ether oxygens (including phenoxy) is 1. The van der Waals surface area contributed by atoms with Crippen molar-refractivity contribution in [3.05, 3.63) is 59.5 Å². The second-order valence-electron chi connectivity index (χ2n) is 6.61. The average Bonchev–Trinajstić information content (AvgIpc) is 3.41. The fourth-order valence-electron chi connectivity index (χ4n) is 3.42. The molecule has 0 spiro atoms. The SMILES string of the molecule is CCOC(=O)c1c(CSc2nnc(-c3ccco3)n2CC)nc2ccccc2c1C. The van der Waals surface area contributed by atoms with E-state index in [9.17, 15) is 4.79 Å². The molecule has 0 amide bonds. The highest BCUT2D eigenvalue weighted by Gasteiger charge is 2.21. The molecule has 0 aliphatic rings. The van der Waals surface area contributed by atoms with E-state index in [1.165, 1.54) is 11.8 Å². The van der Waals surface area contributed by atoms with Crippen molar-refractivity contribution < 1.29 is 13.9 Å². The molecule has 0 N–H and O–H groups in total. The second-order valence-corrected chi connectivity index (χ2v) is 7.56. The molecule has 0 unspecified atom stereocenters. The normalized spacial score (nSPS) is 11.2. The van der Waals surface area contributed by atoms with Crippen LogP contribution in [0.1, 0.15) is 35.5 Å². The lowest BCUT2D eigenvalue weighted by molar-refractivity contribution is 0.0524. The van der Waals surface area contributed by atoms with Gasteiger partial charge < -0.3 is 9.15 Å². The van der Waals surface area contributed by atoms with E-state index in [1.807, 2.05) is 54.8 Å². The van der Waals surface area contributed by atoms with Gasteiger partial charge in [0, 0.05) is 17.7 Å². The van der Waals surface area contributed by atoms with Crippen LogP contribution < -0.4 is 0 Å². The molecular weight excluding hydrogens is 400 g/mol. The predicted molar refractivity (Wildman–Crippen MR) is 115 cm³/mol. The third-order valence-electron chi connectivity index (χ3n) is 4.82. The Bertz CT molecular complexity index is 1180. The molecule has 0 aliphatic carbocycles. The highest BCUT2D eigenvalue weighted by molar-refractivity contribution is 7.98. The number of thioether (sulfide) groups is 1. The molecule has 30 heavy (non-hydrogen) atoms. The Kier molecular flexibility index (Phi) is 5.85. The summed E-state index contributed by atoms with van der Waals surface area (Å²) in [4.78, 5) is 17.5. The van der Waals surface area contributed by atoms with Crippen LogP contribution in [0.2, 0.25) is 0 Å². The number of hydrogen-bond donors (Lipinski definition) is 0. The fraction of sp³-hybridized carbons (Fsp3) is 0.273. The highest BCUT2D eigenvalue weighted by Crippen LogP contribution is 2.30. The second kappa shape index (κ2) is 8.71. The fourth-order valence-corrected chi connectivity index (χ4v) is 4.37. The molecule has 0 aliphatic heterocycles. The quantitative estimate of drug-likeness (QED) is 0.310. The molecule has 0 radical (unpaired) electrons. The molecule has 8 heteroatoms. The maximum absolute atomic E-state index is 12.7. The van der Waals surface area contributed by atoms with E-state index in [0.717, 1.165) is 21.6 Å². The van der Waals surface area contributed by atoms with Crippen LogP contribution in [0.5, 0.6) is 0 Å². The zero-order valence-corrected chi connectivity index (χ0v) is 17.9. The predicted octanol–water partition coefficient (Wildman–Crippen LogP) is 4.88. The van der Waals surface area contributed by atoms with Gasteiger partial charge in [0.1, 0.15) is 0 Å². The minimum atomic E-state index is -0.350. The first-order valence-corrected chi connectivity index (χ1v) is 10.8. The zero-order chi connectivity index (χ0) is 21.1. The summed E-state index contributed by atoms with van der Waals surface area (Å²) in [6.07, 6.45) is 1.62. The van der Waals surface area contributed by atoms with Gasteiger partial charge in [-0.1, -0.05) is 30.0 Å². The van der Waals surface area contributed by atoms with E-state index < -0.39 is 0 Å². The summed E-state index contributed by atoms with van der Waals surface area (Å²) in [7, 11) is 0. The Morgan fingerprint density at radius 3 is 2.73 bits per heavy atom. The summed E-state index contributed by atoms with van der Waals surface area (Å²) in [6, 6.07) is 11.5. The Morgan fingerprint density at radius 1 is 1.17 bits per heavy atom. The maximum atomic E-state index is 12.7. The molecule has 0 bridgehead atoms. The van der Waals surface area contributed by atoms with Crippen LogP contribution >= 0.6 is 11.8 Å². The Balaban J connectivity index is 1.70. The van der Waals surface area contributed by atoms with E-state index in [2.05, 4.69) is 10.2 Å². The lowest BCUT2D eigenvalue weighted by Gasteiger charge is -2.14. The number of fused-ring (bicyclic) bond motifs is 1. The van der Waals surface area contributed by atoms with Crippen molar-refractivity contribution in [1.82, 2.24) is 19.7 Å². The number of esters is 1. The van der Waals surface area contributed by atoms with Gasteiger partial charge in [0.15, 0.2) is 16.7 Å². The van der Waals surface area contributed by atoms with Gasteiger partial charge >= 0.3 is 5.97 Å². The topological polar surface area (TPSA) is 83.0 Å². The van der Waals surface area contributed by atoms with Crippen molar-refractivity contribution in [3.63, 3.8) is 0 Å². The summed E-state index contributed by atoms with van der Waals surface area (Å²) in [5, 5.41) is 10.3. The van der Waals surface area contributed by atoms with Crippen molar-refractivity contribution in [1.29, 1.82) is 0 Å². The highest BCUT2D eigenvalue weighted by atomic mass is 32.2.